The van der Waals surface area contributed by atoms with E-state index in [9.17, 15) is 9.59 Å². The lowest BCUT2D eigenvalue weighted by Gasteiger charge is -2.26. The number of methoxy groups -OCH3 is 2. The molecule has 0 fully saturated rings. The maximum absolute atomic E-state index is 14.0. The fourth-order valence-electron chi connectivity index (χ4n) is 4.75. The molecule has 11 heteroatoms. The molecule has 1 atom stereocenters. The van der Waals surface area contributed by atoms with Gasteiger partial charge in [-0.15, -0.1) is 0 Å². The highest BCUT2D eigenvalue weighted by atomic mass is 79.9. The number of thiazole rings is 1. The Balaban J connectivity index is 1.56. The monoisotopic (exact) mass is 682 g/mol. The number of benzene rings is 3. The summed E-state index contributed by atoms with van der Waals surface area (Å²) in [6, 6.07) is 17.5. The van der Waals surface area contributed by atoms with Gasteiger partial charge < -0.3 is 18.9 Å². The number of allylic oxidation sites excluding steroid dienone is 1. The maximum atomic E-state index is 14.0. The van der Waals surface area contributed by atoms with Gasteiger partial charge >= 0.3 is 5.97 Å². The van der Waals surface area contributed by atoms with Crippen molar-refractivity contribution in [3.05, 3.63) is 118 Å². The van der Waals surface area contributed by atoms with E-state index in [0.29, 0.717) is 49.5 Å². The van der Waals surface area contributed by atoms with Gasteiger partial charge in [0.05, 0.1) is 41.1 Å². The minimum absolute atomic E-state index is 0.181. The third-order valence-electron chi connectivity index (χ3n) is 6.81. The number of fused-ring (bicyclic) bond motifs is 1. The molecule has 0 spiro atoms. The number of rotatable bonds is 9. The molecule has 0 amide bonds. The summed E-state index contributed by atoms with van der Waals surface area (Å²) in [4.78, 5) is 32.3. The van der Waals surface area contributed by atoms with Gasteiger partial charge in [-0.25, -0.2) is 9.79 Å². The molecular formula is C32H28BrClN2O6S. The average Bonchev–Trinajstić information content (AvgIpc) is 3.30. The molecule has 5 rings (SSSR count). The summed E-state index contributed by atoms with van der Waals surface area (Å²) in [5, 5.41) is 0.668. The summed E-state index contributed by atoms with van der Waals surface area (Å²) in [5.41, 5.74) is 2.84. The molecular weight excluding hydrogens is 656 g/mol. The zero-order valence-electron chi connectivity index (χ0n) is 23.9. The number of halogens is 2. The van der Waals surface area contributed by atoms with E-state index in [4.69, 9.17) is 30.5 Å². The molecule has 8 nitrogen and oxygen atoms in total. The molecule has 0 aliphatic carbocycles. The summed E-state index contributed by atoms with van der Waals surface area (Å²) < 4.78 is 25.1. The molecule has 1 aromatic heterocycles. The average molecular weight is 684 g/mol. The number of hydrogen-bond acceptors (Lipinski definition) is 8. The van der Waals surface area contributed by atoms with Crippen molar-refractivity contribution in [2.24, 2.45) is 4.99 Å². The van der Waals surface area contributed by atoms with Crippen LogP contribution in [-0.4, -0.2) is 31.4 Å². The molecule has 4 aromatic rings. The molecule has 1 aliphatic rings. The number of ether oxygens (including phenoxy) is 4. The van der Waals surface area contributed by atoms with Crippen molar-refractivity contribution in [1.29, 1.82) is 0 Å². The summed E-state index contributed by atoms with van der Waals surface area (Å²) >= 11 is 10.8. The van der Waals surface area contributed by atoms with Gasteiger partial charge in [-0.05, 0) is 83.4 Å². The highest BCUT2D eigenvalue weighted by Crippen LogP contribution is 2.37. The summed E-state index contributed by atoms with van der Waals surface area (Å²) in [7, 11) is 3.09. The largest absolute Gasteiger partial charge is 0.497 e. The first-order valence-corrected chi connectivity index (χ1v) is 15.3. The Morgan fingerprint density at radius 2 is 1.84 bits per heavy atom. The lowest BCUT2D eigenvalue weighted by Crippen LogP contribution is -2.40. The second-order valence-electron chi connectivity index (χ2n) is 9.52. The Morgan fingerprint density at radius 1 is 1.07 bits per heavy atom. The smallest absolute Gasteiger partial charge is 0.338 e. The van der Waals surface area contributed by atoms with E-state index in [1.165, 1.54) is 23.0 Å². The highest BCUT2D eigenvalue weighted by molar-refractivity contribution is 9.10. The van der Waals surface area contributed by atoms with Crippen molar-refractivity contribution >= 4 is 50.9 Å². The van der Waals surface area contributed by atoms with Gasteiger partial charge in [0.1, 0.15) is 29.9 Å². The van der Waals surface area contributed by atoms with Crippen LogP contribution in [0, 0.1) is 0 Å². The predicted octanol–water partition coefficient (Wildman–Crippen LogP) is 5.81. The quantitative estimate of drug-likeness (QED) is 0.207. The lowest BCUT2D eigenvalue weighted by atomic mass is 9.95. The van der Waals surface area contributed by atoms with Gasteiger partial charge in [-0.2, -0.15) is 0 Å². The van der Waals surface area contributed by atoms with Crippen molar-refractivity contribution in [3.63, 3.8) is 0 Å². The van der Waals surface area contributed by atoms with Crippen molar-refractivity contribution in [2.75, 3.05) is 20.8 Å². The Labute approximate surface area is 265 Å². The Morgan fingerprint density at radius 3 is 2.51 bits per heavy atom. The minimum atomic E-state index is -0.811. The fourth-order valence-corrected chi connectivity index (χ4v) is 6.43. The molecule has 0 saturated carbocycles. The van der Waals surface area contributed by atoms with Crippen LogP contribution < -0.4 is 29.1 Å². The normalized spacial score (nSPS) is 14.7. The summed E-state index contributed by atoms with van der Waals surface area (Å²) in [5.74, 6) is 1.17. The first kappa shape index (κ1) is 30.6. The molecule has 0 radical (unpaired) electrons. The first-order valence-electron chi connectivity index (χ1n) is 13.3. The summed E-state index contributed by atoms with van der Waals surface area (Å²) in [6.07, 6.45) is 1.79. The molecule has 0 N–H and O–H groups in total. The molecule has 0 unspecified atom stereocenters. The Bertz CT molecular complexity index is 1900. The lowest BCUT2D eigenvalue weighted by molar-refractivity contribution is -0.139. The minimum Gasteiger partial charge on any atom is -0.497 e. The van der Waals surface area contributed by atoms with Crippen LogP contribution in [-0.2, 0) is 16.1 Å². The van der Waals surface area contributed by atoms with Crippen molar-refractivity contribution in [3.8, 4) is 17.2 Å². The van der Waals surface area contributed by atoms with Crippen molar-refractivity contribution in [1.82, 2.24) is 4.57 Å². The molecule has 0 saturated heterocycles. The van der Waals surface area contributed by atoms with Gasteiger partial charge in [-0.3, -0.25) is 9.36 Å². The molecule has 222 valence electrons. The third-order valence-corrected chi connectivity index (χ3v) is 8.67. The van der Waals surface area contributed by atoms with Gasteiger partial charge in [0.25, 0.3) is 5.56 Å². The van der Waals surface area contributed by atoms with Gasteiger partial charge in [0.15, 0.2) is 4.80 Å². The fraction of sp³-hybridized carbons (Fsp3) is 0.219. The van der Waals surface area contributed by atoms with E-state index >= 15 is 0 Å². The molecule has 0 bridgehead atoms. The van der Waals surface area contributed by atoms with Crippen LogP contribution in [0.5, 0.6) is 17.2 Å². The second kappa shape index (κ2) is 13.2. The Kier molecular flexibility index (Phi) is 9.39. The third kappa shape index (κ3) is 6.41. The van der Waals surface area contributed by atoms with Crippen LogP contribution in [0.4, 0.5) is 0 Å². The van der Waals surface area contributed by atoms with E-state index in [0.717, 1.165) is 15.6 Å². The predicted molar refractivity (Wildman–Crippen MR) is 170 cm³/mol. The van der Waals surface area contributed by atoms with Gasteiger partial charge in [0, 0.05) is 16.7 Å². The second-order valence-corrected chi connectivity index (χ2v) is 11.8. The van der Waals surface area contributed by atoms with Gasteiger partial charge in [0.2, 0.25) is 0 Å². The van der Waals surface area contributed by atoms with E-state index in [1.807, 2.05) is 42.5 Å². The van der Waals surface area contributed by atoms with Crippen LogP contribution in [0.15, 0.2) is 86.2 Å². The molecule has 43 heavy (non-hydrogen) atoms. The van der Waals surface area contributed by atoms with Crippen LogP contribution in [0.3, 0.4) is 0 Å². The number of esters is 1. The number of aromatic nitrogens is 1. The number of hydrogen-bond donors (Lipinski definition) is 0. The SMILES string of the molecule is CCOC(=O)C1=C(C)N=c2s/c(=C\c3ccc(OCc4ccc(Cl)cc4)c(Br)c3)c(=O)n2[C@H]1c1ccc(OC)cc1OC. The number of carbonyl (C=O) groups excluding carboxylic acids is 1. The zero-order chi connectivity index (χ0) is 30.7. The van der Waals surface area contributed by atoms with E-state index in [2.05, 4.69) is 20.9 Å². The van der Waals surface area contributed by atoms with Crippen LogP contribution in [0.25, 0.3) is 6.08 Å². The van der Waals surface area contributed by atoms with Gasteiger partial charge in [-0.1, -0.05) is 41.1 Å². The standard InChI is InChI=1S/C32H28BrClN2O6S/c1-5-41-31(38)28-18(2)35-32-36(29(28)23-12-11-22(39-3)16-26(23)40-4)30(37)27(43-32)15-20-8-13-25(24(33)14-20)42-17-19-6-9-21(34)10-7-19/h6-16,29H,5,17H2,1-4H3/b27-15-/t29-/m0/s1. The van der Waals surface area contributed by atoms with E-state index in [-0.39, 0.29) is 17.7 Å². The van der Waals surface area contributed by atoms with Crippen LogP contribution in [0.1, 0.15) is 36.6 Å². The molecule has 2 heterocycles. The topological polar surface area (TPSA) is 88.4 Å². The summed E-state index contributed by atoms with van der Waals surface area (Å²) in [6.45, 7) is 4.04. The highest BCUT2D eigenvalue weighted by Gasteiger charge is 2.35. The van der Waals surface area contributed by atoms with E-state index < -0.39 is 12.0 Å². The Hall–Kier alpha value is -3.86. The van der Waals surface area contributed by atoms with Crippen molar-refractivity contribution in [2.45, 2.75) is 26.5 Å². The van der Waals surface area contributed by atoms with Crippen molar-refractivity contribution < 1.29 is 23.7 Å². The van der Waals surface area contributed by atoms with Crippen LogP contribution in [0.2, 0.25) is 5.02 Å². The molecule has 1 aliphatic heterocycles. The van der Waals surface area contributed by atoms with E-state index in [1.54, 1.807) is 45.2 Å². The number of nitrogens with zero attached hydrogens (tertiary/aromatic N) is 2. The maximum Gasteiger partial charge on any atom is 0.338 e. The molecule has 3 aromatic carbocycles. The van der Waals surface area contributed by atoms with Crippen LogP contribution >= 0.6 is 38.9 Å². The first-order chi connectivity index (χ1) is 20.7. The zero-order valence-corrected chi connectivity index (χ0v) is 27.0. The number of carbonyl (C=O) groups is 1.